The number of hydrogen-bond acceptors (Lipinski definition) is 3. The minimum absolute atomic E-state index is 0.00208. The number of alkyl halides is 3. The second kappa shape index (κ2) is 6.21. The van der Waals surface area contributed by atoms with Crippen molar-refractivity contribution in [1.29, 1.82) is 0 Å². The summed E-state index contributed by atoms with van der Waals surface area (Å²) >= 11 is 0. The summed E-state index contributed by atoms with van der Waals surface area (Å²) < 4.78 is 37.2. The van der Waals surface area contributed by atoms with Crippen LogP contribution in [-0.2, 0) is 6.18 Å². The van der Waals surface area contributed by atoms with Crippen LogP contribution in [0.4, 0.5) is 13.2 Å². The first-order valence-corrected chi connectivity index (χ1v) is 6.51. The Kier molecular flexibility index (Phi) is 4.59. The average molecular weight is 287 g/mol. The molecule has 7 heteroatoms. The summed E-state index contributed by atoms with van der Waals surface area (Å²) in [5.41, 5.74) is -0.854. The van der Waals surface area contributed by atoms with Gasteiger partial charge in [0.1, 0.15) is 5.69 Å². The number of carbonyl (C=O) groups is 1. The molecule has 1 saturated heterocycles. The Morgan fingerprint density at radius 1 is 1.35 bits per heavy atom. The van der Waals surface area contributed by atoms with Gasteiger partial charge in [0.25, 0.3) is 5.91 Å². The zero-order chi connectivity index (χ0) is 14.6. The van der Waals surface area contributed by atoms with E-state index in [4.69, 9.17) is 0 Å². The first-order valence-electron chi connectivity index (χ1n) is 6.51. The molecule has 1 fully saturated rings. The van der Waals surface area contributed by atoms with Crippen molar-refractivity contribution in [1.82, 2.24) is 15.6 Å². The zero-order valence-corrected chi connectivity index (χ0v) is 10.8. The van der Waals surface area contributed by atoms with E-state index in [1.54, 1.807) is 0 Å². The Morgan fingerprint density at radius 2 is 2.15 bits per heavy atom. The van der Waals surface area contributed by atoms with Crippen LogP contribution in [0.3, 0.4) is 0 Å². The topological polar surface area (TPSA) is 54.0 Å². The highest BCUT2D eigenvalue weighted by Gasteiger charge is 2.31. The molecule has 0 aromatic carbocycles. The molecule has 1 atom stereocenters. The van der Waals surface area contributed by atoms with E-state index in [0.717, 1.165) is 37.9 Å². The van der Waals surface area contributed by atoms with Crippen molar-refractivity contribution in [3.8, 4) is 0 Å². The molecule has 4 nitrogen and oxygen atoms in total. The maximum Gasteiger partial charge on any atom is 0.417 e. The van der Waals surface area contributed by atoms with E-state index < -0.39 is 17.6 Å². The van der Waals surface area contributed by atoms with Gasteiger partial charge in [-0.2, -0.15) is 13.2 Å². The summed E-state index contributed by atoms with van der Waals surface area (Å²) in [5.74, 6) is -0.438. The summed E-state index contributed by atoms with van der Waals surface area (Å²) in [7, 11) is 0. The fourth-order valence-corrected chi connectivity index (χ4v) is 2.10. The van der Waals surface area contributed by atoms with Crippen molar-refractivity contribution < 1.29 is 18.0 Å². The first-order chi connectivity index (χ1) is 9.47. The normalized spacial score (nSPS) is 20.2. The van der Waals surface area contributed by atoms with Crippen LogP contribution < -0.4 is 10.6 Å². The molecule has 2 N–H and O–H groups in total. The molecule has 1 unspecified atom stereocenters. The molecule has 2 heterocycles. The van der Waals surface area contributed by atoms with E-state index in [9.17, 15) is 18.0 Å². The van der Waals surface area contributed by atoms with Gasteiger partial charge in [0.2, 0.25) is 0 Å². The molecule has 0 saturated carbocycles. The van der Waals surface area contributed by atoms with Crippen molar-refractivity contribution in [3.63, 3.8) is 0 Å². The van der Waals surface area contributed by atoms with Crippen LogP contribution in [0.1, 0.15) is 35.3 Å². The minimum atomic E-state index is -4.44. The lowest BCUT2D eigenvalue weighted by molar-refractivity contribution is -0.137. The maximum absolute atomic E-state index is 12.4. The van der Waals surface area contributed by atoms with Crippen LogP contribution in [0.2, 0.25) is 0 Å². The third-order valence-corrected chi connectivity index (χ3v) is 3.21. The smallest absolute Gasteiger partial charge is 0.347 e. The van der Waals surface area contributed by atoms with E-state index in [1.165, 1.54) is 0 Å². The number of halogens is 3. The van der Waals surface area contributed by atoms with Gasteiger partial charge in [-0.05, 0) is 31.5 Å². The summed E-state index contributed by atoms with van der Waals surface area (Å²) in [6.45, 7) is 1.59. The summed E-state index contributed by atoms with van der Waals surface area (Å²) in [6, 6.07) is 1.96. The van der Waals surface area contributed by atoms with E-state index in [1.807, 2.05) is 0 Å². The maximum atomic E-state index is 12.4. The Bertz CT molecular complexity index is 451. The van der Waals surface area contributed by atoms with Gasteiger partial charge in [-0.15, -0.1) is 0 Å². The molecular weight excluding hydrogens is 271 g/mol. The predicted molar refractivity (Wildman–Crippen MR) is 67.2 cm³/mol. The van der Waals surface area contributed by atoms with Gasteiger partial charge in [0.15, 0.2) is 0 Å². The summed E-state index contributed by atoms with van der Waals surface area (Å²) in [5, 5.41) is 5.99. The Morgan fingerprint density at radius 3 is 2.80 bits per heavy atom. The second-order valence-electron chi connectivity index (χ2n) is 4.80. The number of aromatic nitrogens is 1. The Labute approximate surface area is 114 Å². The van der Waals surface area contributed by atoms with E-state index in [2.05, 4.69) is 15.6 Å². The van der Waals surface area contributed by atoms with Gasteiger partial charge in [-0.25, -0.2) is 0 Å². The highest BCUT2D eigenvalue weighted by molar-refractivity contribution is 5.92. The van der Waals surface area contributed by atoms with Gasteiger partial charge in [-0.1, -0.05) is 6.42 Å². The fourth-order valence-electron chi connectivity index (χ4n) is 2.10. The summed E-state index contributed by atoms with van der Waals surface area (Å²) in [4.78, 5) is 15.5. The number of amides is 1. The number of hydrogen-bond donors (Lipinski definition) is 2. The molecule has 2 rings (SSSR count). The molecule has 1 aromatic rings. The standard InChI is InChI=1S/C13H16F3N3O/c14-13(15,16)9-4-5-11(18-7-9)12(20)19-10-3-1-2-6-17-8-10/h4-5,7,10,17H,1-3,6,8H2,(H,19,20). The van der Waals surface area contributed by atoms with Crippen molar-refractivity contribution >= 4 is 5.91 Å². The monoisotopic (exact) mass is 287 g/mol. The van der Waals surface area contributed by atoms with Gasteiger partial charge in [0.05, 0.1) is 5.56 Å². The second-order valence-corrected chi connectivity index (χ2v) is 4.80. The highest BCUT2D eigenvalue weighted by Crippen LogP contribution is 2.28. The zero-order valence-electron chi connectivity index (χ0n) is 10.8. The Hall–Kier alpha value is -1.63. The summed E-state index contributed by atoms with van der Waals surface area (Å²) in [6.07, 6.45) is -0.823. The predicted octanol–water partition coefficient (Wildman–Crippen LogP) is 1.97. The fraction of sp³-hybridized carbons (Fsp3) is 0.538. The highest BCUT2D eigenvalue weighted by atomic mass is 19.4. The average Bonchev–Trinajstić information content (AvgIpc) is 2.66. The molecule has 1 aromatic heterocycles. The van der Waals surface area contributed by atoms with Gasteiger partial charge in [0, 0.05) is 18.8 Å². The molecule has 20 heavy (non-hydrogen) atoms. The molecule has 0 spiro atoms. The quantitative estimate of drug-likeness (QED) is 0.874. The molecule has 0 radical (unpaired) electrons. The first kappa shape index (κ1) is 14.8. The largest absolute Gasteiger partial charge is 0.417 e. The van der Waals surface area contributed by atoms with E-state index in [-0.39, 0.29) is 11.7 Å². The van der Waals surface area contributed by atoms with E-state index >= 15 is 0 Å². The van der Waals surface area contributed by atoms with Gasteiger partial charge < -0.3 is 10.6 Å². The number of rotatable bonds is 2. The third kappa shape index (κ3) is 3.93. The van der Waals surface area contributed by atoms with E-state index in [0.29, 0.717) is 12.7 Å². The van der Waals surface area contributed by atoms with Crippen molar-refractivity contribution in [2.75, 3.05) is 13.1 Å². The van der Waals surface area contributed by atoms with Crippen molar-refractivity contribution in [2.24, 2.45) is 0 Å². The van der Waals surface area contributed by atoms with Crippen LogP contribution in [0.15, 0.2) is 18.3 Å². The molecule has 1 aliphatic heterocycles. The molecule has 0 aliphatic carbocycles. The molecule has 1 aliphatic rings. The number of pyridine rings is 1. The molecular formula is C13H16F3N3O. The van der Waals surface area contributed by atoms with Gasteiger partial charge in [-0.3, -0.25) is 9.78 Å². The third-order valence-electron chi connectivity index (χ3n) is 3.21. The molecule has 0 bridgehead atoms. The molecule has 110 valence electrons. The van der Waals surface area contributed by atoms with Crippen LogP contribution in [0.5, 0.6) is 0 Å². The van der Waals surface area contributed by atoms with Crippen LogP contribution in [0.25, 0.3) is 0 Å². The van der Waals surface area contributed by atoms with Gasteiger partial charge >= 0.3 is 6.18 Å². The van der Waals surface area contributed by atoms with Crippen LogP contribution >= 0.6 is 0 Å². The lowest BCUT2D eigenvalue weighted by Gasteiger charge is -2.16. The lowest BCUT2D eigenvalue weighted by atomic mass is 10.1. The SMILES string of the molecule is O=C(NC1CCCCNC1)c1ccc(C(F)(F)F)cn1. The minimum Gasteiger partial charge on any atom is -0.347 e. The van der Waals surface area contributed by atoms with Crippen LogP contribution in [-0.4, -0.2) is 30.0 Å². The number of nitrogens with one attached hydrogen (secondary N) is 2. The van der Waals surface area contributed by atoms with Crippen molar-refractivity contribution in [2.45, 2.75) is 31.5 Å². The van der Waals surface area contributed by atoms with Crippen LogP contribution in [0, 0.1) is 0 Å². The van der Waals surface area contributed by atoms with Crippen molar-refractivity contribution in [3.05, 3.63) is 29.6 Å². The lowest BCUT2D eigenvalue weighted by Crippen LogP contribution is -2.41. The number of nitrogens with zero attached hydrogens (tertiary/aromatic N) is 1. The number of carbonyl (C=O) groups excluding carboxylic acids is 1. The Balaban J connectivity index is 1.98. The molecule has 1 amide bonds.